The molecule has 6 heteroatoms. The van der Waals surface area contributed by atoms with E-state index < -0.39 is 5.82 Å². The molecule has 1 N–H and O–H groups in total. The van der Waals surface area contributed by atoms with Crippen LogP contribution in [0.4, 0.5) is 4.39 Å². The van der Waals surface area contributed by atoms with Crippen LogP contribution in [0.3, 0.4) is 0 Å². The Morgan fingerprint density at radius 1 is 1.16 bits per heavy atom. The molecule has 0 radical (unpaired) electrons. The van der Waals surface area contributed by atoms with E-state index in [0.29, 0.717) is 17.7 Å². The number of hydrogen-bond donors (Lipinski definition) is 1. The minimum atomic E-state index is -0.441. The third-order valence-corrected chi connectivity index (χ3v) is 4.05. The Labute approximate surface area is 142 Å². The number of aromatic nitrogens is 4. The number of nitrogens with zero attached hydrogens (tertiary/aromatic N) is 3. The minimum Gasteiger partial charge on any atom is -0.320 e. The SMILES string of the molecule is Cc1cccc(Cn2cnc3nc(-c4ccccc4F)[nH]c(=O)c32)c1. The number of aryl methyl sites for hydroxylation is 1. The van der Waals surface area contributed by atoms with E-state index >= 15 is 0 Å². The predicted octanol–water partition coefficient (Wildman–Crippen LogP) is 3.28. The Morgan fingerprint density at radius 3 is 2.80 bits per heavy atom. The number of imidazole rings is 1. The zero-order chi connectivity index (χ0) is 17.4. The van der Waals surface area contributed by atoms with E-state index in [9.17, 15) is 9.18 Å². The van der Waals surface area contributed by atoms with E-state index in [1.165, 1.54) is 6.07 Å². The smallest absolute Gasteiger partial charge is 0.277 e. The molecule has 4 rings (SSSR count). The molecule has 5 nitrogen and oxygen atoms in total. The molecule has 2 heterocycles. The van der Waals surface area contributed by atoms with Crippen LogP contribution in [0.25, 0.3) is 22.6 Å². The molecule has 0 atom stereocenters. The second-order valence-corrected chi connectivity index (χ2v) is 5.93. The van der Waals surface area contributed by atoms with Gasteiger partial charge in [0.25, 0.3) is 5.56 Å². The van der Waals surface area contributed by atoms with Gasteiger partial charge in [0, 0.05) is 6.54 Å². The zero-order valence-electron chi connectivity index (χ0n) is 13.5. The first kappa shape index (κ1) is 15.3. The standard InChI is InChI=1S/C19H15FN4O/c1-12-5-4-6-13(9-12)10-24-11-21-18-16(24)19(25)23-17(22-18)14-7-2-3-8-15(14)20/h2-9,11H,10H2,1H3,(H,22,23,25). The van der Waals surface area contributed by atoms with Gasteiger partial charge >= 0.3 is 0 Å². The second kappa shape index (κ2) is 5.98. The monoisotopic (exact) mass is 334 g/mol. The Kier molecular flexibility index (Phi) is 3.65. The first-order valence-corrected chi connectivity index (χ1v) is 7.87. The van der Waals surface area contributed by atoms with Gasteiger partial charge in [-0.05, 0) is 24.6 Å². The highest BCUT2D eigenvalue weighted by molar-refractivity contribution is 5.72. The van der Waals surface area contributed by atoms with Crippen LogP contribution in [0.15, 0.2) is 59.7 Å². The van der Waals surface area contributed by atoms with E-state index in [2.05, 4.69) is 21.0 Å². The average Bonchev–Trinajstić information content (AvgIpc) is 2.98. The van der Waals surface area contributed by atoms with Gasteiger partial charge in [-0.25, -0.2) is 14.4 Å². The first-order valence-electron chi connectivity index (χ1n) is 7.87. The molecule has 0 aliphatic heterocycles. The number of nitrogens with one attached hydrogen (secondary N) is 1. The maximum atomic E-state index is 13.9. The molecule has 0 saturated heterocycles. The molecule has 4 aromatic rings. The highest BCUT2D eigenvalue weighted by atomic mass is 19.1. The average molecular weight is 334 g/mol. The molecular weight excluding hydrogens is 319 g/mol. The lowest BCUT2D eigenvalue weighted by Crippen LogP contribution is -2.14. The van der Waals surface area contributed by atoms with Crippen molar-refractivity contribution in [2.45, 2.75) is 13.5 Å². The summed E-state index contributed by atoms with van der Waals surface area (Å²) in [5, 5.41) is 0. The summed E-state index contributed by atoms with van der Waals surface area (Å²) in [4.78, 5) is 23.8. The summed E-state index contributed by atoms with van der Waals surface area (Å²) in [6, 6.07) is 14.2. The number of aromatic amines is 1. The van der Waals surface area contributed by atoms with Gasteiger partial charge in [-0.15, -0.1) is 0 Å². The van der Waals surface area contributed by atoms with Crippen molar-refractivity contribution in [2.75, 3.05) is 0 Å². The van der Waals surface area contributed by atoms with Gasteiger partial charge in [0.2, 0.25) is 0 Å². The van der Waals surface area contributed by atoms with Crippen LogP contribution in [0.1, 0.15) is 11.1 Å². The van der Waals surface area contributed by atoms with Crippen molar-refractivity contribution >= 4 is 11.2 Å². The molecular formula is C19H15FN4O. The number of rotatable bonds is 3. The summed E-state index contributed by atoms with van der Waals surface area (Å²) in [5.41, 5.74) is 2.80. The fraction of sp³-hybridized carbons (Fsp3) is 0.105. The largest absolute Gasteiger partial charge is 0.320 e. The predicted molar refractivity (Wildman–Crippen MR) is 93.8 cm³/mol. The molecule has 0 aliphatic carbocycles. The van der Waals surface area contributed by atoms with Crippen molar-refractivity contribution < 1.29 is 4.39 Å². The topological polar surface area (TPSA) is 63.6 Å². The number of halogens is 1. The van der Waals surface area contributed by atoms with Gasteiger partial charge < -0.3 is 9.55 Å². The summed E-state index contributed by atoms with van der Waals surface area (Å²) < 4.78 is 15.7. The maximum Gasteiger partial charge on any atom is 0.277 e. The molecule has 0 bridgehead atoms. The fourth-order valence-electron chi connectivity index (χ4n) is 2.89. The number of hydrogen-bond acceptors (Lipinski definition) is 3. The van der Waals surface area contributed by atoms with Crippen molar-refractivity contribution in [1.82, 2.24) is 19.5 Å². The van der Waals surface area contributed by atoms with Crippen molar-refractivity contribution in [2.24, 2.45) is 0 Å². The highest BCUT2D eigenvalue weighted by Crippen LogP contribution is 2.19. The van der Waals surface area contributed by atoms with Crippen molar-refractivity contribution in [3.63, 3.8) is 0 Å². The van der Waals surface area contributed by atoms with Crippen LogP contribution in [-0.4, -0.2) is 19.5 Å². The van der Waals surface area contributed by atoms with Crippen LogP contribution in [-0.2, 0) is 6.54 Å². The number of fused-ring (bicyclic) bond motifs is 1. The van der Waals surface area contributed by atoms with Crippen LogP contribution < -0.4 is 5.56 Å². The van der Waals surface area contributed by atoms with E-state index in [1.54, 1.807) is 29.1 Å². The summed E-state index contributed by atoms with van der Waals surface area (Å²) in [5.74, 6) is -0.263. The van der Waals surface area contributed by atoms with Gasteiger partial charge in [0.05, 0.1) is 11.9 Å². The molecule has 25 heavy (non-hydrogen) atoms. The normalized spacial score (nSPS) is 11.1. The quantitative estimate of drug-likeness (QED) is 0.625. The van der Waals surface area contributed by atoms with Crippen LogP contribution >= 0.6 is 0 Å². The Balaban J connectivity index is 1.80. The van der Waals surface area contributed by atoms with Crippen molar-refractivity contribution in [1.29, 1.82) is 0 Å². The van der Waals surface area contributed by atoms with E-state index in [-0.39, 0.29) is 16.9 Å². The molecule has 0 aliphatic rings. The second-order valence-electron chi connectivity index (χ2n) is 5.93. The lowest BCUT2D eigenvalue weighted by Gasteiger charge is -2.06. The molecule has 0 saturated carbocycles. The Hall–Kier alpha value is -3.28. The summed E-state index contributed by atoms with van der Waals surface area (Å²) in [6.07, 6.45) is 1.58. The molecule has 0 unspecified atom stereocenters. The lowest BCUT2D eigenvalue weighted by molar-refractivity contribution is 0.630. The lowest BCUT2D eigenvalue weighted by atomic mass is 10.1. The maximum absolute atomic E-state index is 13.9. The van der Waals surface area contributed by atoms with Crippen LogP contribution in [0.2, 0.25) is 0 Å². The first-order chi connectivity index (χ1) is 12.1. The van der Waals surface area contributed by atoms with Gasteiger partial charge in [-0.1, -0.05) is 42.0 Å². The minimum absolute atomic E-state index is 0.177. The Bertz CT molecular complexity index is 1130. The third-order valence-electron chi connectivity index (χ3n) is 4.05. The summed E-state index contributed by atoms with van der Waals surface area (Å²) in [6.45, 7) is 2.53. The van der Waals surface area contributed by atoms with Gasteiger partial charge in [0.15, 0.2) is 11.2 Å². The molecule has 0 amide bonds. The molecule has 0 spiro atoms. The van der Waals surface area contributed by atoms with Gasteiger partial charge in [-0.3, -0.25) is 4.79 Å². The van der Waals surface area contributed by atoms with E-state index in [4.69, 9.17) is 0 Å². The summed E-state index contributed by atoms with van der Waals surface area (Å²) >= 11 is 0. The molecule has 0 fully saturated rings. The molecule has 2 aromatic heterocycles. The van der Waals surface area contributed by atoms with Crippen molar-refractivity contribution in [3.8, 4) is 11.4 Å². The zero-order valence-corrected chi connectivity index (χ0v) is 13.5. The van der Waals surface area contributed by atoms with Crippen LogP contribution in [0, 0.1) is 12.7 Å². The fourth-order valence-corrected chi connectivity index (χ4v) is 2.89. The van der Waals surface area contributed by atoms with E-state index in [0.717, 1.165) is 11.1 Å². The van der Waals surface area contributed by atoms with Crippen LogP contribution in [0.5, 0.6) is 0 Å². The Morgan fingerprint density at radius 2 is 2.00 bits per heavy atom. The van der Waals surface area contributed by atoms with Gasteiger partial charge in [0.1, 0.15) is 11.6 Å². The van der Waals surface area contributed by atoms with Gasteiger partial charge in [-0.2, -0.15) is 0 Å². The number of H-pyrrole nitrogens is 1. The van der Waals surface area contributed by atoms with E-state index in [1.807, 2.05) is 25.1 Å². The molecule has 124 valence electrons. The van der Waals surface area contributed by atoms with Crippen molar-refractivity contribution in [3.05, 3.63) is 82.2 Å². The highest BCUT2D eigenvalue weighted by Gasteiger charge is 2.14. The molecule has 2 aromatic carbocycles. The summed E-state index contributed by atoms with van der Waals surface area (Å²) in [7, 11) is 0. The third kappa shape index (κ3) is 2.82. The number of benzene rings is 2.